The molecular formula is C33H30N4O4S. The number of aromatic amines is 1. The number of aromatic nitrogens is 2. The van der Waals surface area contributed by atoms with Crippen molar-refractivity contribution in [1.29, 1.82) is 0 Å². The smallest absolute Gasteiger partial charge is 0.289 e. The molecule has 4 aromatic carbocycles. The van der Waals surface area contributed by atoms with Gasteiger partial charge in [0.05, 0.1) is 10.3 Å². The lowest BCUT2D eigenvalue weighted by Crippen LogP contribution is -2.29. The highest BCUT2D eigenvalue weighted by Crippen LogP contribution is 2.45. The van der Waals surface area contributed by atoms with Crippen molar-refractivity contribution in [2.24, 2.45) is 7.05 Å². The first-order valence-electron chi connectivity index (χ1n) is 13.6. The standard InChI is InChI=1S/C33H30N4O4S/c1-33(23-12-4-3-5-13-23,27-22-36(2)29-17-9-7-15-26(27)29)32-25(24-14-6-8-16-28(24)35-32)20-21-34-42(40,41)31-19-11-10-18-30(31)37(38)39/h3-19,22,34-35H,20-21H2,1-2H3. The highest BCUT2D eigenvalue weighted by atomic mass is 32.2. The van der Waals surface area contributed by atoms with E-state index in [-0.39, 0.29) is 11.4 Å². The number of benzene rings is 4. The first kappa shape index (κ1) is 27.4. The second-order valence-electron chi connectivity index (χ2n) is 10.6. The molecule has 2 heterocycles. The third kappa shape index (κ3) is 4.56. The molecule has 0 spiro atoms. The summed E-state index contributed by atoms with van der Waals surface area (Å²) in [6.07, 6.45) is 2.54. The summed E-state index contributed by atoms with van der Waals surface area (Å²) in [6.45, 7) is 2.26. The number of hydrogen-bond donors (Lipinski definition) is 2. The minimum Gasteiger partial charge on any atom is -0.357 e. The van der Waals surface area contributed by atoms with Crippen LogP contribution in [-0.2, 0) is 28.9 Å². The molecule has 0 fully saturated rings. The van der Waals surface area contributed by atoms with Gasteiger partial charge in [0.1, 0.15) is 0 Å². The van der Waals surface area contributed by atoms with Crippen molar-refractivity contribution in [3.8, 4) is 0 Å². The maximum absolute atomic E-state index is 13.2. The molecule has 6 aromatic rings. The van der Waals surface area contributed by atoms with Crippen LogP contribution in [0.4, 0.5) is 5.69 Å². The maximum Gasteiger partial charge on any atom is 0.289 e. The fraction of sp³-hybridized carbons (Fsp3) is 0.152. The maximum atomic E-state index is 13.2. The number of fused-ring (bicyclic) bond motifs is 2. The van der Waals surface area contributed by atoms with Gasteiger partial charge in [0.15, 0.2) is 4.90 Å². The Morgan fingerprint density at radius 1 is 0.881 bits per heavy atom. The summed E-state index contributed by atoms with van der Waals surface area (Å²) in [5.74, 6) is 0. The molecule has 8 nitrogen and oxygen atoms in total. The van der Waals surface area contributed by atoms with Gasteiger partial charge in [0.2, 0.25) is 10.0 Å². The Morgan fingerprint density at radius 2 is 1.52 bits per heavy atom. The van der Waals surface area contributed by atoms with Crippen LogP contribution in [-0.4, -0.2) is 29.4 Å². The van der Waals surface area contributed by atoms with Gasteiger partial charge in [-0.2, -0.15) is 0 Å². The molecule has 0 radical (unpaired) electrons. The van der Waals surface area contributed by atoms with E-state index in [2.05, 4.69) is 51.7 Å². The van der Waals surface area contributed by atoms with E-state index in [4.69, 9.17) is 0 Å². The van der Waals surface area contributed by atoms with Crippen LogP contribution >= 0.6 is 0 Å². The minimum atomic E-state index is -4.13. The van der Waals surface area contributed by atoms with Crippen LogP contribution in [0.3, 0.4) is 0 Å². The van der Waals surface area contributed by atoms with Gasteiger partial charge in [0, 0.05) is 53.4 Å². The summed E-state index contributed by atoms with van der Waals surface area (Å²) in [5, 5.41) is 13.6. The second-order valence-corrected chi connectivity index (χ2v) is 12.3. The topological polar surface area (TPSA) is 110 Å². The third-order valence-corrected chi connectivity index (χ3v) is 9.63. The first-order chi connectivity index (χ1) is 20.2. The number of aryl methyl sites for hydroxylation is 1. The molecule has 6 rings (SSSR count). The van der Waals surface area contributed by atoms with Gasteiger partial charge in [-0.05, 0) is 48.2 Å². The lowest BCUT2D eigenvalue weighted by Gasteiger charge is -2.31. The molecule has 2 N–H and O–H groups in total. The van der Waals surface area contributed by atoms with Crippen molar-refractivity contribution >= 4 is 37.5 Å². The number of nitro benzene ring substituents is 1. The van der Waals surface area contributed by atoms with E-state index in [1.807, 2.05) is 61.6 Å². The van der Waals surface area contributed by atoms with Crippen molar-refractivity contribution in [2.45, 2.75) is 23.7 Å². The Bertz CT molecular complexity index is 2050. The Kier molecular flexibility index (Phi) is 6.92. The number of sulfonamides is 1. The van der Waals surface area contributed by atoms with Gasteiger partial charge >= 0.3 is 0 Å². The molecule has 1 atom stereocenters. The molecular weight excluding hydrogens is 548 g/mol. The number of para-hydroxylation sites is 3. The van der Waals surface area contributed by atoms with Gasteiger partial charge in [-0.3, -0.25) is 10.1 Å². The number of nitrogens with one attached hydrogen (secondary N) is 2. The number of H-pyrrole nitrogens is 1. The predicted octanol–water partition coefficient (Wildman–Crippen LogP) is 6.44. The second kappa shape index (κ2) is 10.6. The van der Waals surface area contributed by atoms with E-state index in [0.29, 0.717) is 6.42 Å². The van der Waals surface area contributed by atoms with Crippen molar-refractivity contribution < 1.29 is 13.3 Å². The van der Waals surface area contributed by atoms with Crippen molar-refractivity contribution in [3.63, 3.8) is 0 Å². The van der Waals surface area contributed by atoms with Crippen LogP contribution in [0, 0.1) is 10.1 Å². The van der Waals surface area contributed by atoms with Gasteiger partial charge in [-0.1, -0.05) is 78.9 Å². The number of nitrogens with zero attached hydrogens (tertiary/aromatic N) is 2. The van der Waals surface area contributed by atoms with E-state index in [0.717, 1.165) is 44.2 Å². The summed E-state index contributed by atoms with van der Waals surface area (Å²) in [6, 6.07) is 32.0. The Balaban J connectivity index is 1.48. The SMILES string of the molecule is Cn1cc(C(C)(c2ccccc2)c2[nH]c3ccccc3c2CCNS(=O)(=O)c2ccccc2[N+](=O)[O-])c2ccccc21. The Labute approximate surface area is 243 Å². The Morgan fingerprint density at radius 3 is 2.29 bits per heavy atom. The van der Waals surface area contributed by atoms with Gasteiger partial charge < -0.3 is 9.55 Å². The number of nitro groups is 1. The largest absolute Gasteiger partial charge is 0.357 e. The number of rotatable bonds is 9. The van der Waals surface area contributed by atoms with Crippen LogP contribution in [0.1, 0.15) is 29.3 Å². The van der Waals surface area contributed by atoms with Crippen molar-refractivity contribution in [3.05, 3.63) is 142 Å². The highest BCUT2D eigenvalue weighted by molar-refractivity contribution is 7.89. The molecule has 9 heteroatoms. The van der Waals surface area contributed by atoms with Crippen molar-refractivity contribution in [2.75, 3.05) is 6.54 Å². The van der Waals surface area contributed by atoms with E-state index in [1.165, 1.54) is 24.3 Å². The minimum absolute atomic E-state index is 0.0592. The summed E-state index contributed by atoms with van der Waals surface area (Å²) in [7, 11) is -2.08. The summed E-state index contributed by atoms with van der Waals surface area (Å²) in [5.41, 5.74) is 5.16. The molecule has 0 aliphatic heterocycles. The fourth-order valence-corrected chi connectivity index (χ4v) is 7.26. The van der Waals surface area contributed by atoms with Crippen LogP contribution in [0.15, 0.2) is 114 Å². The molecule has 0 bridgehead atoms. The average Bonchev–Trinajstić information content (AvgIpc) is 3.55. The van der Waals surface area contributed by atoms with E-state index in [9.17, 15) is 18.5 Å². The van der Waals surface area contributed by atoms with Crippen LogP contribution in [0.25, 0.3) is 21.8 Å². The zero-order valence-electron chi connectivity index (χ0n) is 23.2. The van der Waals surface area contributed by atoms with E-state index in [1.54, 1.807) is 0 Å². The fourth-order valence-electron chi connectivity index (χ4n) is 6.06. The molecule has 0 saturated carbocycles. The molecule has 0 saturated heterocycles. The average molecular weight is 579 g/mol. The monoisotopic (exact) mass is 578 g/mol. The molecule has 212 valence electrons. The van der Waals surface area contributed by atoms with Crippen LogP contribution < -0.4 is 4.72 Å². The van der Waals surface area contributed by atoms with Gasteiger partial charge in [-0.15, -0.1) is 0 Å². The van der Waals surface area contributed by atoms with Gasteiger partial charge in [0.25, 0.3) is 5.69 Å². The first-order valence-corrected chi connectivity index (χ1v) is 15.1. The molecule has 42 heavy (non-hydrogen) atoms. The molecule has 0 amide bonds. The van der Waals surface area contributed by atoms with Crippen molar-refractivity contribution in [1.82, 2.24) is 14.3 Å². The highest BCUT2D eigenvalue weighted by Gasteiger charge is 2.38. The summed E-state index contributed by atoms with van der Waals surface area (Å²) in [4.78, 5) is 14.2. The summed E-state index contributed by atoms with van der Waals surface area (Å²) >= 11 is 0. The molecule has 2 aromatic heterocycles. The van der Waals surface area contributed by atoms with Crippen LogP contribution in [0.5, 0.6) is 0 Å². The zero-order valence-corrected chi connectivity index (χ0v) is 24.1. The molecule has 1 unspecified atom stereocenters. The molecule has 0 aliphatic rings. The number of hydrogen-bond acceptors (Lipinski definition) is 4. The predicted molar refractivity (Wildman–Crippen MR) is 165 cm³/mol. The normalized spacial score (nSPS) is 13.4. The van der Waals surface area contributed by atoms with Crippen LogP contribution in [0.2, 0.25) is 0 Å². The summed E-state index contributed by atoms with van der Waals surface area (Å²) < 4.78 is 31.1. The lowest BCUT2D eigenvalue weighted by molar-refractivity contribution is -0.387. The molecule has 0 aliphatic carbocycles. The quantitative estimate of drug-likeness (QED) is 0.152. The zero-order chi connectivity index (χ0) is 29.5. The lowest BCUT2D eigenvalue weighted by atomic mass is 9.72. The third-order valence-electron chi connectivity index (χ3n) is 8.12. The van der Waals surface area contributed by atoms with E-state index >= 15 is 0 Å². The Hall–Kier alpha value is -4.73. The van der Waals surface area contributed by atoms with Gasteiger partial charge in [-0.25, -0.2) is 13.1 Å². The van der Waals surface area contributed by atoms with E-state index < -0.39 is 26.0 Å².